The fourth-order valence-electron chi connectivity index (χ4n) is 1.62. The third kappa shape index (κ3) is 3.39. The summed E-state index contributed by atoms with van der Waals surface area (Å²) in [6, 6.07) is 8.58. The molecule has 1 aromatic carbocycles. The molecule has 0 unspecified atom stereocenters. The van der Waals surface area contributed by atoms with Gasteiger partial charge >= 0.3 is 0 Å². The Morgan fingerprint density at radius 2 is 2.15 bits per heavy atom. The molecule has 1 heterocycles. The number of anilines is 1. The molecule has 0 spiro atoms. The van der Waals surface area contributed by atoms with Gasteiger partial charge in [0.15, 0.2) is 0 Å². The van der Waals surface area contributed by atoms with Gasteiger partial charge in [-0.3, -0.25) is 4.72 Å². The molecule has 0 bridgehead atoms. The van der Waals surface area contributed by atoms with Crippen LogP contribution in [0.2, 0.25) is 0 Å². The fraction of sp³-hybridized carbons (Fsp3) is 0.143. The highest BCUT2D eigenvalue weighted by atomic mass is 32.2. The van der Waals surface area contributed by atoms with Crippen LogP contribution in [0.5, 0.6) is 0 Å². The molecule has 104 valence electrons. The van der Waals surface area contributed by atoms with E-state index in [-0.39, 0.29) is 0 Å². The number of thiophene rings is 1. The number of nitrogens with one attached hydrogen (secondary N) is 1. The van der Waals surface area contributed by atoms with Crippen LogP contribution in [-0.2, 0) is 10.0 Å². The van der Waals surface area contributed by atoms with Crippen LogP contribution in [0.1, 0.15) is 11.1 Å². The van der Waals surface area contributed by atoms with Crippen LogP contribution in [0.3, 0.4) is 0 Å². The first-order chi connectivity index (χ1) is 9.53. The minimum atomic E-state index is -3.51. The van der Waals surface area contributed by atoms with Crippen LogP contribution >= 0.6 is 11.3 Å². The summed E-state index contributed by atoms with van der Waals surface area (Å²) in [7, 11) is -3.51. The van der Waals surface area contributed by atoms with Crippen LogP contribution in [-0.4, -0.2) is 15.0 Å². The summed E-state index contributed by atoms with van der Waals surface area (Å²) >= 11 is 1.18. The van der Waals surface area contributed by atoms with Crippen molar-refractivity contribution in [2.45, 2.75) is 11.1 Å². The third-order valence-corrected chi connectivity index (χ3v) is 5.33. The van der Waals surface area contributed by atoms with Crippen LogP contribution in [0, 0.1) is 18.8 Å². The Balaban J connectivity index is 2.27. The molecule has 20 heavy (non-hydrogen) atoms. The van der Waals surface area contributed by atoms with Gasteiger partial charge in [-0.05, 0) is 42.1 Å². The molecule has 2 aromatic rings. The van der Waals surface area contributed by atoms with Crippen molar-refractivity contribution in [1.29, 1.82) is 0 Å². The predicted octanol–water partition coefficient (Wildman–Crippen LogP) is 2.17. The highest BCUT2D eigenvalue weighted by Crippen LogP contribution is 2.23. The number of rotatable bonds is 3. The van der Waals surface area contributed by atoms with Crippen molar-refractivity contribution in [1.82, 2.24) is 0 Å². The quantitative estimate of drug-likeness (QED) is 0.854. The van der Waals surface area contributed by atoms with Gasteiger partial charge in [0.1, 0.15) is 4.21 Å². The summed E-state index contributed by atoms with van der Waals surface area (Å²) in [5.41, 5.74) is 7.50. The van der Waals surface area contributed by atoms with E-state index < -0.39 is 10.0 Å². The molecule has 6 heteroatoms. The first-order valence-electron chi connectivity index (χ1n) is 5.89. The Bertz CT molecular complexity index is 754. The van der Waals surface area contributed by atoms with E-state index in [4.69, 9.17) is 5.73 Å². The Morgan fingerprint density at radius 3 is 2.75 bits per heavy atom. The Morgan fingerprint density at radius 1 is 1.35 bits per heavy atom. The lowest BCUT2D eigenvalue weighted by Gasteiger charge is -2.09. The van der Waals surface area contributed by atoms with Gasteiger partial charge in [0.25, 0.3) is 10.0 Å². The second kappa shape index (κ2) is 6.09. The van der Waals surface area contributed by atoms with E-state index in [0.29, 0.717) is 16.4 Å². The number of nitrogens with two attached hydrogens (primary N) is 1. The van der Waals surface area contributed by atoms with E-state index in [0.717, 1.165) is 11.1 Å². The highest BCUT2D eigenvalue weighted by molar-refractivity contribution is 7.94. The van der Waals surface area contributed by atoms with Gasteiger partial charge in [-0.15, -0.1) is 11.3 Å². The van der Waals surface area contributed by atoms with Crippen molar-refractivity contribution in [3.8, 4) is 11.8 Å². The van der Waals surface area contributed by atoms with Gasteiger partial charge in [-0.2, -0.15) is 0 Å². The molecule has 0 aliphatic heterocycles. The smallest absolute Gasteiger partial charge is 0.271 e. The van der Waals surface area contributed by atoms with Gasteiger partial charge < -0.3 is 5.73 Å². The average Bonchev–Trinajstić information content (AvgIpc) is 2.94. The second-order valence-electron chi connectivity index (χ2n) is 4.07. The molecule has 0 fully saturated rings. The molecule has 0 aliphatic rings. The first kappa shape index (κ1) is 14.6. The monoisotopic (exact) mass is 306 g/mol. The van der Waals surface area contributed by atoms with Crippen molar-refractivity contribution < 1.29 is 8.42 Å². The molecule has 0 amide bonds. The second-order valence-corrected chi connectivity index (χ2v) is 6.93. The van der Waals surface area contributed by atoms with Gasteiger partial charge in [0.2, 0.25) is 0 Å². The van der Waals surface area contributed by atoms with Crippen molar-refractivity contribution in [3.63, 3.8) is 0 Å². The number of hydrogen-bond acceptors (Lipinski definition) is 4. The average molecular weight is 306 g/mol. The number of benzene rings is 1. The summed E-state index contributed by atoms with van der Waals surface area (Å²) in [5.74, 6) is 5.68. The summed E-state index contributed by atoms with van der Waals surface area (Å²) < 4.78 is 27.1. The molecule has 4 nitrogen and oxygen atoms in total. The topological polar surface area (TPSA) is 72.2 Å². The zero-order chi connectivity index (χ0) is 14.6. The molecule has 2 rings (SSSR count). The van der Waals surface area contributed by atoms with E-state index in [1.54, 1.807) is 29.6 Å². The molecule has 1 aromatic heterocycles. The number of hydrogen-bond donors (Lipinski definition) is 2. The Labute approximate surface area is 122 Å². The van der Waals surface area contributed by atoms with E-state index in [1.807, 2.05) is 13.0 Å². The zero-order valence-corrected chi connectivity index (χ0v) is 12.5. The van der Waals surface area contributed by atoms with Crippen molar-refractivity contribution >= 4 is 27.0 Å². The van der Waals surface area contributed by atoms with Gasteiger partial charge in [0.05, 0.1) is 12.2 Å². The molecule has 0 radical (unpaired) electrons. The minimum Gasteiger partial charge on any atom is -0.320 e. The van der Waals surface area contributed by atoms with Crippen LogP contribution in [0.4, 0.5) is 5.69 Å². The molecule has 0 aliphatic carbocycles. The molecule has 3 N–H and O–H groups in total. The van der Waals surface area contributed by atoms with Gasteiger partial charge in [-0.1, -0.05) is 17.9 Å². The van der Waals surface area contributed by atoms with Crippen molar-refractivity contribution in [2.75, 3.05) is 11.3 Å². The van der Waals surface area contributed by atoms with Crippen LogP contribution in [0.15, 0.2) is 39.9 Å². The molecular weight excluding hydrogens is 292 g/mol. The first-order valence-corrected chi connectivity index (χ1v) is 8.25. The maximum Gasteiger partial charge on any atom is 0.271 e. The van der Waals surface area contributed by atoms with Crippen molar-refractivity contribution in [2.24, 2.45) is 5.73 Å². The van der Waals surface area contributed by atoms with Gasteiger partial charge in [0, 0.05) is 5.56 Å². The van der Waals surface area contributed by atoms with Crippen LogP contribution in [0.25, 0.3) is 0 Å². The van der Waals surface area contributed by atoms with E-state index in [2.05, 4.69) is 16.6 Å². The lowest BCUT2D eigenvalue weighted by molar-refractivity contribution is 0.603. The maximum absolute atomic E-state index is 12.1. The normalized spacial score (nSPS) is 10.7. The predicted molar refractivity (Wildman–Crippen MR) is 82.2 cm³/mol. The lowest BCUT2D eigenvalue weighted by Crippen LogP contribution is -2.12. The Hall–Kier alpha value is -1.81. The maximum atomic E-state index is 12.1. The lowest BCUT2D eigenvalue weighted by atomic mass is 10.1. The zero-order valence-electron chi connectivity index (χ0n) is 10.9. The molecule has 0 atom stereocenters. The van der Waals surface area contributed by atoms with E-state index in [1.165, 1.54) is 11.3 Å². The largest absolute Gasteiger partial charge is 0.320 e. The van der Waals surface area contributed by atoms with E-state index in [9.17, 15) is 8.42 Å². The van der Waals surface area contributed by atoms with E-state index >= 15 is 0 Å². The SMILES string of the molecule is Cc1cc(C#CCN)ccc1NS(=O)(=O)c1cccs1. The molecule has 0 saturated heterocycles. The summed E-state index contributed by atoms with van der Waals surface area (Å²) in [6.07, 6.45) is 0. The van der Waals surface area contributed by atoms with Crippen molar-refractivity contribution in [3.05, 3.63) is 46.8 Å². The molecule has 0 saturated carbocycles. The summed E-state index contributed by atoms with van der Waals surface area (Å²) in [6.45, 7) is 2.13. The Kier molecular flexibility index (Phi) is 4.45. The summed E-state index contributed by atoms with van der Waals surface area (Å²) in [4.78, 5) is 0. The standard InChI is InChI=1S/C14H14N2O2S2/c1-11-10-12(4-2-8-15)6-7-13(11)16-20(17,18)14-5-3-9-19-14/h3,5-7,9-10,16H,8,15H2,1H3. The number of sulfonamides is 1. The fourth-order valence-corrected chi connectivity index (χ4v) is 3.74. The van der Waals surface area contributed by atoms with Crippen LogP contribution < -0.4 is 10.5 Å². The third-order valence-electron chi connectivity index (χ3n) is 2.57. The molecular formula is C14H14N2O2S2. The summed E-state index contributed by atoms with van der Waals surface area (Å²) in [5, 5.41) is 1.73. The minimum absolute atomic E-state index is 0.295. The highest BCUT2D eigenvalue weighted by Gasteiger charge is 2.15. The van der Waals surface area contributed by atoms with Gasteiger partial charge in [-0.25, -0.2) is 8.42 Å². The number of aryl methyl sites for hydroxylation is 1.